The largest absolute Gasteiger partial charge is 1.00 e. The van der Waals surface area contributed by atoms with Gasteiger partial charge in [0.25, 0.3) is 0 Å². The normalized spacial score (nSPS) is 11.5. The van der Waals surface area contributed by atoms with Crippen LogP contribution >= 0.6 is 46.3 Å². The van der Waals surface area contributed by atoms with Crippen LogP contribution < -0.4 is 41.6 Å². The molecule has 0 aliphatic carbocycles. The summed E-state index contributed by atoms with van der Waals surface area (Å²) < 4.78 is 6.87. The van der Waals surface area contributed by atoms with E-state index in [2.05, 4.69) is 236 Å². The second-order valence-corrected chi connectivity index (χ2v) is 23.9. The summed E-state index contributed by atoms with van der Waals surface area (Å²) in [4.78, 5) is 12.0. The lowest BCUT2D eigenvalue weighted by molar-refractivity contribution is -0.703. The van der Waals surface area contributed by atoms with Crippen molar-refractivity contribution in [1.29, 1.82) is 0 Å². The number of benzene rings is 2. The maximum Gasteiger partial charge on any atom is 0.236 e. The van der Waals surface area contributed by atoms with E-state index < -0.39 is 0 Å². The molecule has 6 heterocycles. The van der Waals surface area contributed by atoms with Crippen LogP contribution in [0.15, 0.2) is 196 Å². The fourth-order valence-corrected chi connectivity index (χ4v) is 11.5. The smallest absolute Gasteiger partial charge is 0.236 e. The molecule has 2 radical (unpaired) electrons. The van der Waals surface area contributed by atoms with E-state index in [1.54, 1.807) is 24.8 Å². The molecule has 2 aromatic carbocycles. The number of aromatic nitrogens is 6. The van der Waals surface area contributed by atoms with Gasteiger partial charge < -0.3 is 17.0 Å². The highest BCUT2D eigenvalue weighted by Crippen LogP contribution is 2.20. The highest BCUT2D eigenvalue weighted by atomic mass is 79.9. The first-order valence-corrected chi connectivity index (χ1v) is 35.7. The number of unbranched alkanes of at least 4 members (excludes halogenated alkanes) is 3. The second kappa shape index (κ2) is 46.2. The molecule has 436 valence electrons. The van der Waals surface area contributed by atoms with Crippen molar-refractivity contribution in [3.8, 4) is 33.4 Å². The van der Waals surface area contributed by atoms with E-state index in [1.807, 2.05) is 50.7 Å². The monoisotopic (exact) mass is 1370 g/mol. The molecule has 0 saturated carbocycles. The molecule has 0 spiro atoms. The molecule has 6 aromatic heterocycles. The molecule has 0 bridgehead atoms. The van der Waals surface area contributed by atoms with Crippen molar-refractivity contribution in [3.05, 3.63) is 207 Å². The maximum absolute atomic E-state index is 4.98. The average Bonchev–Trinajstić information content (AvgIpc) is 3.56. The minimum Gasteiger partial charge on any atom is -1.00 e. The molecule has 8 aromatic rings. The van der Waals surface area contributed by atoms with E-state index in [0.29, 0.717) is 0 Å². The molecule has 0 fully saturated rings. The Kier molecular flexibility index (Phi) is 40.8. The third kappa shape index (κ3) is 30.2. The van der Waals surface area contributed by atoms with Crippen LogP contribution in [0.4, 0.5) is 0 Å². The van der Waals surface area contributed by atoms with Gasteiger partial charge in [0, 0.05) is 102 Å². The standard InChI is InChI=1S/C25H31BN2PS.C18H25N2.C10H8N2.C8H17Br.C7H6BBrPS.BrH/c1-3-5-6-21(4-2)19-27-15-11-23(12-16-27)24-13-17-28(18-14-24)20-22-7-9-25(10-8-22)26-29-30;1-3-5-6-16(4-2)15-20-13-9-18(10-14-20)17-7-11-19-12-8-17;1-5-11-6-2-9(1)10-3-7-12-8-4-10;1-3-5-6-8(4-2)7-9;9-5-6-1-3-7(4-2-6)8-10-11;/h7-18,21H,3-6,19-20H2,1-2H3;7-14,16H,3-6,15H2,1-2H3;1-8H;8H,3-7H2,1-2H3;1-4H,5H2;1H/q+2;+1;;;;/p-1. The van der Waals surface area contributed by atoms with Crippen molar-refractivity contribution in [2.45, 2.75) is 144 Å². The van der Waals surface area contributed by atoms with E-state index in [1.165, 1.54) is 138 Å². The van der Waals surface area contributed by atoms with Gasteiger partial charge in [-0.15, -0.1) is 0 Å². The van der Waals surface area contributed by atoms with E-state index in [4.69, 9.17) is 23.6 Å². The Morgan fingerprint density at radius 1 is 0.410 bits per heavy atom. The van der Waals surface area contributed by atoms with Crippen molar-refractivity contribution < 1.29 is 30.7 Å². The molecule has 3 atom stereocenters. The van der Waals surface area contributed by atoms with Gasteiger partial charge in [0.15, 0.2) is 56.8 Å². The zero-order valence-electron chi connectivity index (χ0n) is 49.9. The zero-order valence-corrected chi connectivity index (χ0v) is 58.1. The first kappa shape index (κ1) is 73.2. The van der Waals surface area contributed by atoms with E-state index in [9.17, 15) is 0 Å². The fraction of sp³-hybridized carbons (Fsp3) is 0.382. The molecule has 0 N–H and O–H groups in total. The van der Waals surface area contributed by atoms with Crippen molar-refractivity contribution in [2.24, 2.45) is 17.8 Å². The molecular weight excluding hydrogens is 1290 g/mol. The van der Waals surface area contributed by atoms with E-state index in [-0.39, 0.29) is 17.0 Å². The van der Waals surface area contributed by atoms with Gasteiger partial charge in [0.2, 0.25) is 14.0 Å². The van der Waals surface area contributed by atoms with Crippen LogP contribution in [0.5, 0.6) is 0 Å². The Balaban J connectivity index is 0.000000293. The third-order valence-corrected chi connectivity index (χ3v) is 17.4. The van der Waals surface area contributed by atoms with Gasteiger partial charge >= 0.3 is 0 Å². The lowest BCUT2D eigenvalue weighted by Crippen LogP contribution is -3.00. The van der Waals surface area contributed by atoms with E-state index >= 15 is 0 Å². The summed E-state index contributed by atoms with van der Waals surface area (Å²) in [6.45, 7) is 20.8. The minimum absolute atomic E-state index is 0. The Hall–Kier alpha value is -4.05. The summed E-state index contributed by atoms with van der Waals surface area (Å²) in [7, 11) is 1.78. The number of hydrogen-bond donors (Lipinski definition) is 0. The summed E-state index contributed by atoms with van der Waals surface area (Å²) in [5.74, 6) is 2.50. The van der Waals surface area contributed by atoms with Crippen LogP contribution in [0, 0.1) is 17.8 Å². The summed E-state index contributed by atoms with van der Waals surface area (Å²) >= 11 is 16.7. The summed E-state index contributed by atoms with van der Waals surface area (Å²) in [6.07, 6.45) is 39.9. The average molecular weight is 1380 g/mol. The Bertz CT molecular complexity index is 2830. The van der Waals surface area contributed by atoms with Crippen LogP contribution in [0.1, 0.15) is 130 Å². The predicted octanol–water partition coefficient (Wildman–Crippen LogP) is 14.1. The summed E-state index contributed by atoms with van der Waals surface area (Å²) in [5.41, 5.74) is 12.3. The number of nitrogens with zero attached hydrogens (tertiary/aromatic N) is 6. The molecule has 0 amide bonds. The minimum atomic E-state index is 0. The topological polar surface area (TPSA) is 50.3 Å². The lowest BCUT2D eigenvalue weighted by atomic mass is 9.93. The van der Waals surface area contributed by atoms with Gasteiger partial charge in [-0.25, -0.2) is 13.7 Å². The Morgan fingerprint density at radius 3 is 1.00 bits per heavy atom. The van der Waals surface area contributed by atoms with Gasteiger partial charge in [0.1, 0.15) is 0 Å². The Labute approximate surface area is 542 Å². The zero-order chi connectivity index (χ0) is 58.8. The summed E-state index contributed by atoms with van der Waals surface area (Å²) in [5, 5.41) is 2.10. The summed E-state index contributed by atoms with van der Waals surface area (Å²) in [6, 6.07) is 42.3. The molecule has 8 rings (SSSR count). The molecule has 0 aliphatic rings. The molecule has 6 nitrogen and oxygen atoms in total. The molecular formula is C68H87B2Br3N6P2S2+2. The van der Waals surface area contributed by atoms with Crippen molar-refractivity contribution in [3.63, 3.8) is 0 Å². The van der Waals surface area contributed by atoms with Crippen molar-refractivity contribution >= 4 is 94.9 Å². The molecule has 83 heavy (non-hydrogen) atoms. The molecule has 15 heteroatoms. The van der Waals surface area contributed by atoms with Crippen LogP contribution in [-0.4, -0.2) is 34.3 Å². The van der Waals surface area contributed by atoms with Crippen LogP contribution in [-0.2, 0) is 48.6 Å². The predicted molar refractivity (Wildman–Crippen MR) is 367 cm³/mol. The third-order valence-electron chi connectivity index (χ3n) is 14.4. The fourth-order valence-electron chi connectivity index (χ4n) is 8.98. The van der Waals surface area contributed by atoms with Crippen LogP contribution in [0.3, 0.4) is 0 Å². The van der Waals surface area contributed by atoms with Crippen LogP contribution in [0.2, 0.25) is 0 Å². The van der Waals surface area contributed by atoms with E-state index in [0.717, 1.165) is 57.2 Å². The van der Waals surface area contributed by atoms with Crippen molar-refractivity contribution in [1.82, 2.24) is 15.0 Å². The number of rotatable bonds is 27. The SMILES string of the molecule is CCCCC(CC)CBr.CCCCC(CC)C[n+]1ccc(-c2cc[n+](Cc3ccc([B]P=S)cc3)cc2)cc1.CCCCC(CC)C[n+]1ccc(-c2ccncc2)cc1.S=P[B]c1ccc(CBr)cc1.[Br-].c1cc(-c2ccncc2)ccn1. The van der Waals surface area contributed by atoms with Gasteiger partial charge in [-0.3, -0.25) is 15.0 Å². The highest BCUT2D eigenvalue weighted by molar-refractivity contribution is 9.09. The Morgan fingerprint density at radius 2 is 0.711 bits per heavy atom. The lowest BCUT2D eigenvalue weighted by Gasteiger charge is -2.10. The number of halogens is 3. The molecule has 0 saturated heterocycles. The quantitative estimate of drug-likeness (QED) is 0.0222. The number of hydrogen-bond acceptors (Lipinski definition) is 5. The molecule has 0 aliphatic heterocycles. The first-order chi connectivity index (χ1) is 40.2. The number of alkyl halides is 2. The van der Waals surface area contributed by atoms with Gasteiger partial charge in [-0.2, -0.15) is 0 Å². The molecule has 3 unspecified atom stereocenters. The van der Waals surface area contributed by atoms with Gasteiger partial charge in [-0.1, -0.05) is 216 Å². The van der Waals surface area contributed by atoms with Crippen LogP contribution in [0.25, 0.3) is 33.4 Å². The number of pyridine rings is 6. The highest BCUT2D eigenvalue weighted by Gasteiger charge is 2.14. The second-order valence-electron chi connectivity index (χ2n) is 20.5. The maximum atomic E-state index is 4.98. The van der Waals surface area contributed by atoms with Crippen molar-refractivity contribution in [2.75, 3.05) is 5.33 Å². The first-order valence-electron chi connectivity index (χ1n) is 29.5. The van der Waals surface area contributed by atoms with Gasteiger partial charge in [-0.05, 0) is 113 Å². The van der Waals surface area contributed by atoms with Gasteiger partial charge in [0.05, 0.1) is 0 Å².